The molecule has 0 saturated carbocycles. The number of aryl methyl sites for hydroxylation is 1. The molecular formula is C27H26O4. The predicted molar refractivity (Wildman–Crippen MR) is 126 cm³/mol. The Labute approximate surface area is 183 Å². The SMILES string of the molecule is COc1cc(/C=C/c2ccccc2)c(/C=C/C(=O)Oc2cccc(C)c2C)c(OC)c1. The van der Waals surface area contributed by atoms with Gasteiger partial charge in [0.25, 0.3) is 0 Å². The van der Waals surface area contributed by atoms with Crippen LogP contribution in [0.25, 0.3) is 18.2 Å². The number of benzene rings is 3. The van der Waals surface area contributed by atoms with E-state index >= 15 is 0 Å². The second-order valence-electron chi connectivity index (χ2n) is 7.03. The Balaban J connectivity index is 1.92. The summed E-state index contributed by atoms with van der Waals surface area (Å²) in [6.07, 6.45) is 7.08. The van der Waals surface area contributed by atoms with Gasteiger partial charge in [-0.05, 0) is 54.3 Å². The lowest BCUT2D eigenvalue weighted by molar-refractivity contribution is -0.128. The van der Waals surface area contributed by atoms with Gasteiger partial charge in [-0.15, -0.1) is 0 Å². The maximum absolute atomic E-state index is 12.5. The van der Waals surface area contributed by atoms with E-state index in [0.29, 0.717) is 17.2 Å². The molecule has 0 aliphatic heterocycles. The summed E-state index contributed by atoms with van der Waals surface area (Å²) < 4.78 is 16.5. The van der Waals surface area contributed by atoms with E-state index in [9.17, 15) is 4.79 Å². The highest BCUT2D eigenvalue weighted by molar-refractivity contribution is 5.91. The van der Waals surface area contributed by atoms with Crippen molar-refractivity contribution >= 4 is 24.2 Å². The lowest BCUT2D eigenvalue weighted by Gasteiger charge is -2.12. The number of ether oxygens (including phenoxy) is 3. The summed E-state index contributed by atoms with van der Waals surface area (Å²) in [4.78, 5) is 12.5. The fourth-order valence-corrected chi connectivity index (χ4v) is 3.10. The zero-order chi connectivity index (χ0) is 22.2. The van der Waals surface area contributed by atoms with Gasteiger partial charge in [0.15, 0.2) is 0 Å². The summed E-state index contributed by atoms with van der Waals surface area (Å²) in [6, 6.07) is 19.3. The molecule has 3 rings (SSSR count). The monoisotopic (exact) mass is 414 g/mol. The van der Waals surface area contributed by atoms with Gasteiger partial charge in [0, 0.05) is 17.7 Å². The smallest absolute Gasteiger partial charge is 0.336 e. The van der Waals surface area contributed by atoms with E-state index < -0.39 is 5.97 Å². The largest absolute Gasteiger partial charge is 0.497 e. The van der Waals surface area contributed by atoms with E-state index in [2.05, 4.69) is 0 Å². The molecule has 0 aromatic heterocycles. The topological polar surface area (TPSA) is 44.8 Å². The molecule has 3 aromatic carbocycles. The molecule has 0 unspecified atom stereocenters. The Morgan fingerprint density at radius 1 is 0.806 bits per heavy atom. The molecule has 4 nitrogen and oxygen atoms in total. The fraction of sp³-hybridized carbons (Fsp3) is 0.148. The lowest BCUT2D eigenvalue weighted by Crippen LogP contribution is -2.05. The summed E-state index contributed by atoms with van der Waals surface area (Å²) in [7, 11) is 3.20. The number of methoxy groups -OCH3 is 2. The summed E-state index contributed by atoms with van der Waals surface area (Å²) in [6.45, 7) is 3.91. The van der Waals surface area contributed by atoms with Crippen molar-refractivity contribution in [2.45, 2.75) is 13.8 Å². The molecule has 4 heteroatoms. The third kappa shape index (κ3) is 5.64. The van der Waals surface area contributed by atoms with Crippen LogP contribution in [0.1, 0.15) is 27.8 Å². The Hall–Kier alpha value is -3.79. The Morgan fingerprint density at radius 3 is 2.29 bits per heavy atom. The summed E-state index contributed by atoms with van der Waals surface area (Å²) in [5.41, 5.74) is 4.69. The Bertz CT molecular complexity index is 1110. The van der Waals surface area contributed by atoms with Crippen LogP contribution in [0.5, 0.6) is 17.2 Å². The third-order valence-electron chi connectivity index (χ3n) is 5.01. The summed E-state index contributed by atoms with van der Waals surface area (Å²) in [5, 5.41) is 0. The quantitative estimate of drug-likeness (QED) is 0.202. The van der Waals surface area contributed by atoms with Crippen molar-refractivity contribution < 1.29 is 19.0 Å². The van der Waals surface area contributed by atoms with E-state index in [1.54, 1.807) is 32.4 Å². The van der Waals surface area contributed by atoms with E-state index in [1.807, 2.05) is 74.5 Å². The van der Waals surface area contributed by atoms with E-state index in [4.69, 9.17) is 14.2 Å². The molecule has 158 valence electrons. The zero-order valence-electron chi connectivity index (χ0n) is 18.2. The van der Waals surface area contributed by atoms with E-state index in [1.165, 1.54) is 6.08 Å². The predicted octanol–water partition coefficient (Wildman–Crippen LogP) is 6.11. The standard InChI is InChI=1S/C27H26O4/c1-19-9-8-12-25(20(19)2)31-27(28)16-15-24-22(14-13-21-10-6-5-7-11-21)17-23(29-3)18-26(24)30-4/h5-18H,1-4H3/b14-13+,16-15+. The molecule has 0 amide bonds. The van der Waals surface area contributed by atoms with Crippen molar-refractivity contribution in [3.63, 3.8) is 0 Å². The van der Waals surface area contributed by atoms with Gasteiger partial charge in [-0.3, -0.25) is 0 Å². The number of hydrogen-bond acceptors (Lipinski definition) is 4. The van der Waals surface area contributed by atoms with Gasteiger partial charge < -0.3 is 14.2 Å². The van der Waals surface area contributed by atoms with Crippen LogP contribution >= 0.6 is 0 Å². The van der Waals surface area contributed by atoms with Gasteiger partial charge in [0.2, 0.25) is 0 Å². The molecule has 0 aliphatic carbocycles. The first-order valence-electron chi connectivity index (χ1n) is 9.97. The zero-order valence-corrected chi connectivity index (χ0v) is 18.2. The maximum Gasteiger partial charge on any atom is 0.336 e. The molecule has 0 radical (unpaired) electrons. The normalized spacial score (nSPS) is 11.1. The summed E-state index contributed by atoms with van der Waals surface area (Å²) >= 11 is 0. The molecule has 0 fully saturated rings. The minimum Gasteiger partial charge on any atom is -0.497 e. The van der Waals surface area contributed by atoms with Gasteiger partial charge in [-0.25, -0.2) is 4.79 Å². The van der Waals surface area contributed by atoms with Crippen LogP contribution in [-0.4, -0.2) is 20.2 Å². The Morgan fingerprint density at radius 2 is 1.58 bits per heavy atom. The molecule has 0 bridgehead atoms. The first-order chi connectivity index (χ1) is 15.0. The highest BCUT2D eigenvalue weighted by Crippen LogP contribution is 2.31. The minimum absolute atomic E-state index is 0.454. The number of carbonyl (C=O) groups is 1. The first kappa shape index (κ1) is 21.9. The van der Waals surface area contributed by atoms with Crippen LogP contribution in [0.3, 0.4) is 0 Å². The highest BCUT2D eigenvalue weighted by Gasteiger charge is 2.11. The van der Waals surface area contributed by atoms with Crippen molar-refractivity contribution in [2.24, 2.45) is 0 Å². The average molecular weight is 415 g/mol. The summed E-state index contributed by atoms with van der Waals surface area (Å²) in [5.74, 6) is 1.37. The maximum atomic E-state index is 12.5. The third-order valence-corrected chi connectivity index (χ3v) is 5.01. The molecule has 3 aromatic rings. The lowest BCUT2D eigenvalue weighted by atomic mass is 10.0. The minimum atomic E-state index is -0.454. The van der Waals surface area contributed by atoms with Gasteiger partial charge in [0.05, 0.1) is 14.2 Å². The number of hydrogen-bond donors (Lipinski definition) is 0. The van der Waals surface area contributed by atoms with Crippen LogP contribution in [0.4, 0.5) is 0 Å². The van der Waals surface area contributed by atoms with E-state index in [0.717, 1.165) is 27.8 Å². The number of carbonyl (C=O) groups excluding carboxylic acids is 1. The highest BCUT2D eigenvalue weighted by atomic mass is 16.5. The van der Waals surface area contributed by atoms with Crippen LogP contribution in [-0.2, 0) is 4.79 Å². The van der Waals surface area contributed by atoms with Gasteiger partial charge in [-0.2, -0.15) is 0 Å². The second kappa shape index (κ2) is 10.3. The second-order valence-corrected chi connectivity index (χ2v) is 7.03. The average Bonchev–Trinajstić information content (AvgIpc) is 2.79. The van der Waals surface area contributed by atoms with Crippen LogP contribution < -0.4 is 14.2 Å². The number of esters is 1. The molecule has 0 heterocycles. The van der Waals surface area contributed by atoms with Crippen molar-refractivity contribution in [3.8, 4) is 17.2 Å². The molecular weight excluding hydrogens is 388 g/mol. The molecule has 0 saturated heterocycles. The number of rotatable bonds is 7. The first-order valence-corrected chi connectivity index (χ1v) is 9.97. The van der Waals surface area contributed by atoms with Gasteiger partial charge in [-0.1, -0.05) is 54.6 Å². The van der Waals surface area contributed by atoms with Gasteiger partial charge >= 0.3 is 5.97 Å². The van der Waals surface area contributed by atoms with Crippen molar-refractivity contribution in [1.29, 1.82) is 0 Å². The Kier molecular flexibility index (Phi) is 7.28. The van der Waals surface area contributed by atoms with Crippen molar-refractivity contribution in [3.05, 3.63) is 94.6 Å². The van der Waals surface area contributed by atoms with E-state index in [-0.39, 0.29) is 0 Å². The van der Waals surface area contributed by atoms with Crippen molar-refractivity contribution in [1.82, 2.24) is 0 Å². The van der Waals surface area contributed by atoms with Gasteiger partial charge in [0.1, 0.15) is 17.2 Å². The molecule has 31 heavy (non-hydrogen) atoms. The van der Waals surface area contributed by atoms with Crippen LogP contribution in [0.2, 0.25) is 0 Å². The van der Waals surface area contributed by atoms with Crippen LogP contribution in [0.15, 0.2) is 66.7 Å². The fourth-order valence-electron chi connectivity index (χ4n) is 3.10. The molecule has 0 atom stereocenters. The molecule has 0 aliphatic rings. The molecule has 0 spiro atoms. The molecule has 0 N–H and O–H groups in total. The van der Waals surface area contributed by atoms with Crippen LogP contribution in [0, 0.1) is 13.8 Å². The van der Waals surface area contributed by atoms with Crippen molar-refractivity contribution in [2.75, 3.05) is 14.2 Å².